The number of pyridine rings is 1. The number of nitrogens with zero attached hydrogens (tertiary/aromatic N) is 4. The second-order valence-electron chi connectivity index (χ2n) is 5.77. The van der Waals surface area contributed by atoms with E-state index in [0.29, 0.717) is 11.6 Å². The summed E-state index contributed by atoms with van der Waals surface area (Å²) in [6.07, 6.45) is 3.81. The van der Waals surface area contributed by atoms with Gasteiger partial charge in [-0.3, -0.25) is 9.20 Å². The maximum atomic E-state index is 12.4. The molecule has 2 aromatic rings. The van der Waals surface area contributed by atoms with E-state index >= 15 is 0 Å². The first kappa shape index (κ1) is 14.8. The monoisotopic (exact) mass is 303 g/mol. The number of piperidine rings is 1. The van der Waals surface area contributed by atoms with Crippen molar-refractivity contribution < 1.29 is 4.79 Å². The fraction of sp³-hybridized carbons (Fsp3) is 0.533. The van der Waals surface area contributed by atoms with Gasteiger partial charge in [-0.25, -0.2) is 9.48 Å². The standard InChI is InChI=1S/C15H21N5O2/c1-16-9-12-5-4-7-18(10-12)14(21)11-20-15(22)19-8-3-2-6-13(19)17-20/h2-3,6,8,12,16H,4-5,7,9-11H2,1H3. The highest BCUT2D eigenvalue weighted by Crippen LogP contribution is 2.16. The number of fused-ring (bicyclic) bond motifs is 1. The summed E-state index contributed by atoms with van der Waals surface area (Å²) in [5.41, 5.74) is 0.291. The average Bonchev–Trinajstić information content (AvgIpc) is 2.85. The minimum atomic E-state index is -0.271. The summed E-state index contributed by atoms with van der Waals surface area (Å²) in [4.78, 5) is 26.5. The van der Waals surface area contributed by atoms with Crippen molar-refractivity contribution in [3.63, 3.8) is 0 Å². The van der Waals surface area contributed by atoms with Crippen LogP contribution in [-0.2, 0) is 11.3 Å². The van der Waals surface area contributed by atoms with Crippen molar-refractivity contribution in [3.05, 3.63) is 34.9 Å². The summed E-state index contributed by atoms with van der Waals surface area (Å²) in [5.74, 6) is 0.451. The molecule has 1 fully saturated rings. The topological polar surface area (TPSA) is 71.6 Å². The molecular formula is C15H21N5O2. The molecule has 0 aliphatic carbocycles. The number of carbonyl (C=O) groups excluding carboxylic acids is 1. The first-order chi connectivity index (χ1) is 10.7. The summed E-state index contributed by atoms with van der Waals surface area (Å²) in [7, 11) is 1.93. The predicted octanol–water partition coefficient (Wildman–Crippen LogP) is -0.0460. The van der Waals surface area contributed by atoms with Crippen molar-refractivity contribution in [2.24, 2.45) is 5.92 Å². The van der Waals surface area contributed by atoms with Crippen LogP contribution in [0.2, 0.25) is 0 Å². The van der Waals surface area contributed by atoms with Gasteiger partial charge >= 0.3 is 5.69 Å². The van der Waals surface area contributed by atoms with Gasteiger partial charge in [0.1, 0.15) is 6.54 Å². The Morgan fingerprint density at radius 1 is 1.45 bits per heavy atom. The molecule has 118 valence electrons. The normalized spacial score (nSPS) is 18.8. The van der Waals surface area contributed by atoms with E-state index in [-0.39, 0.29) is 18.1 Å². The summed E-state index contributed by atoms with van der Waals surface area (Å²) < 4.78 is 2.70. The van der Waals surface area contributed by atoms with Gasteiger partial charge in [0.15, 0.2) is 5.65 Å². The second kappa shape index (κ2) is 6.31. The molecule has 0 spiro atoms. The van der Waals surface area contributed by atoms with Gasteiger partial charge in [0.05, 0.1) is 0 Å². The minimum absolute atomic E-state index is 0.00673. The van der Waals surface area contributed by atoms with E-state index in [4.69, 9.17) is 0 Å². The van der Waals surface area contributed by atoms with Gasteiger partial charge in [0, 0.05) is 19.3 Å². The van der Waals surface area contributed by atoms with Gasteiger partial charge in [0.25, 0.3) is 0 Å². The quantitative estimate of drug-likeness (QED) is 0.860. The maximum Gasteiger partial charge on any atom is 0.350 e. The number of aromatic nitrogens is 3. The molecule has 1 atom stereocenters. The fourth-order valence-corrected chi connectivity index (χ4v) is 3.05. The van der Waals surface area contributed by atoms with E-state index in [0.717, 1.165) is 32.5 Å². The molecule has 0 radical (unpaired) electrons. The lowest BCUT2D eigenvalue weighted by molar-refractivity contribution is -0.133. The molecule has 3 heterocycles. The van der Waals surface area contributed by atoms with Crippen molar-refractivity contribution in [3.8, 4) is 0 Å². The highest BCUT2D eigenvalue weighted by atomic mass is 16.2. The number of hydrogen-bond donors (Lipinski definition) is 1. The van der Waals surface area contributed by atoms with Crippen molar-refractivity contribution >= 4 is 11.6 Å². The third kappa shape index (κ3) is 2.89. The number of amides is 1. The second-order valence-corrected chi connectivity index (χ2v) is 5.77. The van der Waals surface area contributed by atoms with Gasteiger partial charge < -0.3 is 10.2 Å². The predicted molar refractivity (Wildman–Crippen MR) is 82.7 cm³/mol. The van der Waals surface area contributed by atoms with E-state index in [2.05, 4.69) is 10.4 Å². The van der Waals surface area contributed by atoms with Gasteiger partial charge in [0.2, 0.25) is 5.91 Å². The summed E-state index contributed by atoms with van der Waals surface area (Å²) in [6.45, 7) is 2.44. The van der Waals surface area contributed by atoms with Gasteiger partial charge in [-0.2, -0.15) is 0 Å². The summed E-state index contributed by atoms with van der Waals surface area (Å²) >= 11 is 0. The molecule has 3 rings (SSSR count). The molecule has 1 aliphatic rings. The van der Waals surface area contributed by atoms with E-state index < -0.39 is 0 Å². The SMILES string of the molecule is CNCC1CCCN(C(=O)Cn2nc3ccccn3c2=O)C1. The lowest BCUT2D eigenvalue weighted by Crippen LogP contribution is -2.44. The Kier molecular flexibility index (Phi) is 4.24. The van der Waals surface area contributed by atoms with Crippen LogP contribution in [0.3, 0.4) is 0 Å². The van der Waals surface area contributed by atoms with Crippen LogP contribution in [0.1, 0.15) is 12.8 Å². The van der Waals surface area contributed by atoms with Crippen LogP contribution >= 0.6 is 0 Å². The Morgan fingerprint density at radius 3 is 3.09 bits per heavy atom. The van der Waals surface area contributed by atoms with Gasteiger partial charge in [-0.1, -0.05) is 6.07 Å². The van der Waals surface area contributed by atoms with E-state index in [1.807, 2.05) is 18.0 Å². The van der Waals surface area contributed by atoms with Crippen LogP contribution in [-0.4, -0.2) is 51.7 Å². The molecule has 1 saturated heterocycles. The van der Waals surface area contributed by atoms with Crippen LogP contribution in [0.4, 0.5) is 0 Å². The third-order valence-electron chi connectivity index (χ3n) is 4.14. The van der Waals surface area contributed by atoms with Crippen LogP contribution in [0.15, 0.2) is 29.2 Å². The first-order valence-electron chi connectivity index (χ1n) is 7.65. The van der Waals surface area contributed by atoms with E-state index in [1.54, 1.807) is 18.3 Å². The number of hydrogen-bond acceptors (Lipinski definition) is 4. The van der Waals surface area contributed by atoms with Crippen molar-refractivity contribution in [2.75, 3.05) is 26.7 Å². The largest absolute Gasteiger partial charge is 0.350 e. The number of nitrogens with one attached hydrogen (secondary N) is 1. The lowest BCUT2D eigenvalue weighted by Gasteiger charge is -2.32. The molecule has 1 unspecified atom stereocenters. The molecule has 2 aromatic heterocycles. The fourth-order valence-electron chi connectivity index (χ4n) is 3.05. The summed E-state index contributed by atoms with van der Waals surface area (Å²) in [6, 6.07) is 5.35. The first-order valence-corrected chi connectivity index (χ1v) is 7.65. The zero-order valence-corrected chi connectivity index (χ0v) is 12.7. The van der Waals surface area contributed by atoms with Crippen molar-refractivity contribution in [1.29, 1.82) is 0 Å². The summed E-state index contributed by atoms with van der Waals surface area (Å²) in [5, 5.41) is 7.37. The minimum Gasteiger partial charge on any atom is -0.341 e. The molecule has 1 aliphatic heterocycles. The van der Waals surface area contributed by atoms with Gasteiger partial charge in [-0.15, -0.1) is 5.10 Å². The highest BCUT2D eigenvalue weighted by Gasteiger charge is 2.24. The Labute approximate surface area is 128 Å². The van der Waals surface area contributed by atoms with E-state index in [1.165, 1.54) is 9.08 Å². The molecule has 0 bridgehead atoms. The highest BCUT2D eigenvalue weighted by molar-refractivity contribution is 5.76. The molecule has 22 heavy (non-hydrogen) atoms. The smallest absolute Gasteiger partial charge is 0.341 e. The van der Waals surface area contributed by atoms with Crippen LogP contribution < -0.4 is 11.0 Å². The number of rotatable bonds is 4. The Balaban J connectivity index is 1.73. The van der Waals surface area contributed by atoms with Crippen LogP contribution in [0.5, 0.6) is 0 Å². The van der Waals surface area contributed by atoms with Crippen LogP contribution in [0.25, 0.3) is 5.65 Å². The molecule has 7 heteroatoms. The molecule has 0 aromatic carbocycles. The zero-order chi connectivity index (χ0) is 15.5. The van der Waals surface area contributed by atoms with Crippen molar-refractivity contribution in [1.82, 2.24) is 24.4 Å². The Hall–Kier alpha value is -2.15. The Bertz CT molecular complexity index is 718. The number of carbonyl (C=O) groups is 1. The van der Waals surface area contributed by atoms with E-state index in [9.17, 15) is 9.59 Å². The molecule has 0 saturated carbocycles. The molecule has 7 nitrogen and oxygen atoms in total. The lowest BCUT2D eigenvalue weighted by atomic mass is 9.98. The average molecular weight is 303 g/mol. The maximum absolute atomic E-state index is 12.4. The number of likely N-dealkylation sites (tertiary alicyclic amines) is 1. The Morgan fingerprint density at radius 2 is 2.32 bits per heavy atom. The third-order valence-corrected chi connectivity index (χ3v) is 4.14. The van der Waals surface area contributed by atoms with Gasteiger partial charge in [-0.05, 0) is 44.5 Å². The zero-order valence-electron chi connectivity index (χ0n) is 12.7. The van der Waals surface area contributed by atoms with Crippen molar-refractivity contribution in [2.45, 2.75) is 19.4 Å². The molecular weight excluding hydrogens is 282 g/mol. The molecule has 1 amide bonds. The molecule has 1 N–H and O–H groups in total. The van der Waals surface area contributed by atoms with Crippen LogP contribution in [0, 0.1) is 5.92 Å².